The van der Waals surface area contributed by atoms with E-state index >= 15 is 0 Å². The fraction of sp³-hybridized carbons (Fsp3) is 0.333. The molecular formula is C15H17ClN2O2S. The van der Waals surface area contributed by atoms with E-state index in [2.05, 4.69) is 16.4 Å². The zero-order valence-electron chi connectivity index (χ0n) is 12.0. The van der Waals surface area contributed by atoms with Gasteiger partial charge in [0.2, 0.25) is 5.91 Å². The summed E-state index contributed by atoms with van der Waals surface area (Å²) in [5.74, 6) is 0.318. The zero-order valence-corrected chi connectivity index (χ0v) is 13.6. The van der Waals surface area contributed by atoms with Crippen LogP contribution in [0.1, 0.15) is 5.56 Å². The number of halogens is 1. The van der Waals surface area contributed by atoms with Crippen LogP contribution in [0, 0.1) is 6.92 Å². The van der Waals surface area contributed by atoms with E-state index < -0.39 is 0 Å². The van der Waals surface area contributed by atoms with Crippen molar-refractivity contribution < 1.29 is 9.53 Å². The molecule has 112 valence electrons. The second kappa shape index (κ2) is 7.64. The molecule has 1 amide bonds. The van der Waals surface area contributed by atoms with Gasteiger partial charge in [0.15, 0.2) is 0 Å². The molecule has 21 heavy (non-hydrogen) atoms. The van der Waals surface area contributed by atoms with Crippen molar-refractivity contribution in [1.29, 1.82) is 0 Å². The first-order chi connectivity index (χ1) is 10.1. The number of benzene rings is 1. The molecule has 0 aliphatic rings. The maximum Gasteiger partial charge on any atom is 0.230 e. The molecule has 0 bridgehead atoms. The highest BCUT2D eigenvalue weighted by molar-refractivity contribution is 8.00. The van der Waals surface area contributed by atoms with Gasteiger partial charge in [0.25, 0.3) is 0 Å². The van der Waals surface area contributed by atoms with Gasteiger partial charge in [-0.25, -0.2) is 4.98 Å². The summed E-state index contributed by atoms with van der Waals surface area (Å²) in [5, 5.41) is 4.26. The third-order valence-electron chi connectivity index (χ3n) is 2.88. The molecule has 0 aliphatic carbocycles. The number of aryl methyl sites for hydroxylation is 1. The SMILES string of the molecule is COCCNC(=O)CSc1cc(Cl)nc2ccc(C)cc12. The van der Waals surface area contributed by atoms with Gasteiger partial charge in [-0.15, -0.1) is 11.8 Å². The summed E-state index contributed by atoms with van der Waals surface area (Å²) in [6.45, 7) is 3.06. The number of carbonyl (C=O) groups is 1. The molecule has 0 atom stereocenters. The molecule has 0 saturated heterocycles. The first-order valence-corrected chi connectivity index (χ1v) is 7.92. The number of amides is 1. The van der Waals surface area contributed by atoms with Gasteiger partial charge in [0, 0.05) is 23.9 Å². The maximum absolute atomic E-state index is 11.7. The van der Waals surface area contributed by atoms with Crippen LogP contribution in [0.2, 0.25) is 5.15 Å². The van der Waals surface area contributed by atoms with Crippen molar-refractivity contribution in [2.45, 2.75) is 11.8 Å². The molecule has 1 aromatic carbocycles. The Morgan fingerprint density at radius 1 is 1.43 bits per heavy atom. The average Bonchev–Trinajstić information content (AvgIpc) is 2.45. The number of hydrogen-bond donors (Lipinski definition) is 1. The minimum atomic E-state index is -0.0224. The molecule has 0 radical (unpaired) electrons. The lowest BCUT2D eigenvalue weighted by molar-refractivity contribution is -0.118. The minimum absolute atomic E-state index is 0.0224. The Labute approximate surface area is 133 Å². The number of pyridine rings is 1. The summed E-state index contributed by atoms with van der Waals surface area (Å²) in [7, 11) is 1.61. The Balaban J connectivity index is 2.10. The lowest BCUT2D eigenvalue weighted by Crippen LogP contribution is -2.28. The van der Waals surface area contributed by atoms with Crippen LogP contribution >= 0.6 is 23.4 Å². The first kappa shape index (κ1) is 16.1. The fourth-order valence-electron chi connectivity index (χ4n) is 1.88. The number of rotatable bonds is 6. The van der Waals surface area contributed by atoms with Gasteiger partial charge in [-0.2, -0.15) is 0 Å². The summed E-state index contributed by atoms with van der Waals surface area (Å²) in [5.41, 5.74) is 1.99. The molecule has 1 aromatic heterocycles. The van der Waals surface area contributed by atoms with Crippen LogP contribution in [0.3, 0.4) is 0 Å². The molecule has 1 N–H and O–H groups in total. The lowest BCUT2D eigenvalue weighted by Gasteiger charge is -2.08. The lowest BCUT2D eigenvalue weighted by atomic mass is 10.1. The van der Waals surface area contributed by atoms with Gasteiger partial charge in [0.1, 0.15) is 5.15 Å². The van der Waals surface area contributed by atoms with Crippen LogP contribution in [-0.2, 0) is 9.53 Å². The molecule has 6 heteroatoms. The normalized spacial score (nSPS) is 10.8. The number of methoxy groups -OCH3 is 1. The van der Waals surface area contributed by atoms with Gasteiger partial charge in [-0.05, 0) is 25.1 Å². The monoisotopic (exact) mass is 324 g/mol. The zero-order chi connectivity index (χ0) is 15.2. The predicted octanol–water partition coefficient (Wildman–Crippen LogP) is 3.05. The second-order valence-corrected chi connectivity index (χ2v) is 6.00. The van der Waals surface area contributed by atoms with E-state index in [1.807, 2.05) is 19.1 Å². The van der Waals surface area contributed by atoms with Crippen molar-refractivity contribution in [3.8, 4) is 0 Å². The minimum Gasteiger partial charge on any atom is -0.383 e. The Hall–Kier alpha value is -1.30. The summed E-state index contributed by atoms with van der Waals surface area (Å²) in [6, 6.07) is 7.80. The Kier molecular flexibility index (Phi) is 5.85. The molecular weight excluding hydrogens is 308 g/mol. The van der Waals surface area contributed by atoms with Crippen molar-refractivity contribution in [2.75, 3.05) is 26.0 Å². The van der Waals surface area contributed by atoms with Crippen LogP contribution in [0.5, 0.6) is 0 Å². The van der Waals surface area contributed by atoms with Gasteiger partial charge < -0.3 is 10.1 Å². The number of thioether (sulfide) groups is 1. The molecule has 0 saturated carbocycles. The summed E-state index contributed by atoms with van der Waals surface area (Å²) in [4.78, 5) is 17.0. The molecule has 0 spiro atoms. The van der Waals surface area contributed by atoms with Gasteiger partial charge >= 0.3 is 0 Å². The van der Waals surface area contributed by atoms with Crippen LogP contribution in [0.4, 0.5) is 0 Å². The second-order valence-electron chi connectivity index (χ2n) is 4.60. The van der Waals surface area contributed by atoms with Crippen LogP contribution in [0.15, 0.2) is 29.2 Å². The average molecular weight is 325 g/mol. The van der Waals surface area contributed by atoms with Gasteiger partial charge in [-0.1, -0.05) is 23.2 Å². The third kappa shape index (κ3) is 4.59. The van der Waals surface area contributed by atoms with E-state index in [9.17, 15) is 4.79 Å². The number of ether oxygens (including phenoxy) is 1. The van der Waals surface area contributed by atoms with E-state index in [1.54, 1.807) is 13.2 Å². The predicted molar refractivity (Wildman–Crippen MR) is 87.1 cm³/mol. The highest BCUT2D eigenvalue weighted by atomic mass is 35.5. The fourth-order valence-corrected chi connectivity index (χ4v) is 3.05. The van der Waals surface area contributed by atoms with Crippen LogP contribution < -0.4 is 5.32 Å². The highest BCUT2D eigenvalue weighted by Crippen LogP contribution is 2.30. The third-order valence-corrected chi connectivity index (χ3v) is 4.13. The van der Waals surface area contributed by atoms with E-state index in [-0.39, 0.29) is 5.91 Å². The first-order valence-electron chi connectivity index (χ1n) is 6.55. The smallest absolute Gasteiger partial charge is 0.230 e. The summed E-state index contributed by atoms with van der Waals surface area (Å²) in [6.07, 6.45) is 0. The molecule has 4 nitrogen and oxygen atoms in total. The van der Waals surface area contributed by atoms with Crippen molar-refractivity contribution in [3.05, 3.63) is 35.0 Å². The number of aromatic nitrogens is 1. The highest BCUT2D eigenvalue weighted by Gasteiger charge is 2.08. The molecule has 2 rings (SSSR count). The topological polar surface area (TPSA) is 51.2 Å². The van der Waals surface area contributed by atoms with Gasteiger partial charge in [-0.3, -0.25) is 4.79 Å². The summed E-state index contributed by atoms with van der Waals surface area (Å²) >= 11 is 7.50. The molecule has 0 fully saturated rings. The number of carbonyl (C=O) groups excluding carboxylic acids is 1. The van der Waals surface area contributed by atoms with Gasteiger partial charge in [0.05, 0.1) is 17.9 Å². The van der Waals surface area contributed by atoms with Crippen LogP contribution in [0.25, 0.3) is 10.9 Å². The number of nitrogens with zero attached hydrogens (tertiary/aromatic N) is 1. The van der Waals surface area contributed by atoms with E-state index in [4.69, 9.17) is 16.3 Å². The maximum atomic E-state index is 11.7. The van der Waals surface area contributed by atoms with Crippen molar-refractivity contribution in [1.82, 2.24) is 10.3 Å². The van der Waals surface area contributed by atoms with Crippen molar-refractivity contribution in [3.63, 3.8) is 0 Å². The van der Waals surface area contributed by atoms with E-state index in [0.29, 0.717) is 24.1 Å². The quantitative estimate of drug-likeness (QED) is 0.504. The van der Waals surface area contributed by atoms with Crippen molar-refractivity contribution >= 4 is 40.2 Å². The largest absolute Gasteiger partial charge is 0.383 e. The standard InChI is InChI=1S/C15H17ClN2O2S/c1-10-3-4-12-11(7-10)13(8-14(16)18-12)21-9-15(19)17-5-6-20-2/h3-4,7-8H,5-6,9H2,1-2H3,(H,17,19). The Morgan fingerprint density at radius 2 is 2.24 bits per heavy atom. The Morgan fingerprint density at radius 3 is 3.00 bits per heavy atom. The number of fused-ring (bicyclic) bond motifs is 1. The molecule has 0 aliphatic heterocycles. The Bertz CT molecular complexity index is 649. The molecule has 2 aromatic rings. The van der Waals surface area contributed by atoms with E-state index in [1.165, 1.54) is 11.8 Å². The number of hydrogen-bond acceptors (Lipinski definition) is 4. The van der Waals surface area contributed by atoms with Crippen molar-refractivity contribution in [2.24, 2.45) is 0 Å². The van der Waals surface area contributed by atoms with E-state index in [0.717, 1.165) is 21.4 Å². The summed E-state index contributed by atoms with van der Waals surface area (Å²) < 4.78 is 4.89. The molecule has 0 unspecified atom stereocenters. The molecule has 1 heterocycles. The van der Waals surface area contributed by atoms with Crippen LogP contribution in [-0.4, -0.2) is 36.9 Å². The number of nitrogens with one attached hydrogen (secondary N) is 1.